The summed E-state index contributed by atoms with van der Waals surface area (Å²) in [6.07, 6.45) is -12.7. The average molecular weight is 502 g/mol. The van der Waals surface area contributed by atoms with E-state index in [9.17, 15) is 40.5 Å². The number of nitrogens with zero attached hydrogens (tertiary/aromatic N) is 1. The average Bonchev–Trinajstić information content (AvgIpc) is 2.92. The van der Waals surface area contributed by atoms with Crippen molar-refractivity contribution in [3.8, 4) is 0 Å². The first-order valence-corrected chi connectivity index (χ1v) is 9.47. The fourth-order valence-electron chi connectivity index (χ4n) is 3.02. The van der Waals surface area contributed by atoms with E-state index in [4.69, 9.17) is 24.4 Å². The molecule has 188 valence electrons. The van der Waals surface area contributed by atoms with Crippen molar-refractivity contribution in [3.63, 3.8) is 0 Å². The van der Waals surface area contributed by atoms with Crippen molar-refractivity contribution in [2.24, 2.45) is 0 Å². The fourth-order valence-corrected chi connectivity index (χ4v) is 3.02. The number of aliphatic hydroxyl groups is 8. The normalized spacial score (nSPS) is 39.6. The summed E-state index contributed by atoms with van der Waals surface area (Å²) >= 11 is 0. The number of rotatable bonds is 7. The summed E-state index contributed by atoms with van der Waals surface area (Å²) in [7, 11) is 5.40. The molecule has 0 amide bonds. The first kappa shape index (κ1) is 32.2. The Morgan fingerprint density at radius 3 is 1.84 bits per heavy atom. The van der Waals surface area contributed by atoms with E-state index in [1.54, 1.807) is 21.1 Å². The van der Waals surface area contributed by atoms with Crippen LogP contribution in [0.3, 0.4) is 0 Å². The molecule has 8 N–H and O–H groups in total. The minimum absolute atomic E-state index is 0. The molecule has 9 atom stereocenters. The molecule has 0 aromatic carbocycles. The van der Waals surface area contributed by atoms with E-state index in [2.05, 4.69) is 0 Å². The standard InChI is InChI=1S/C12H22O11.C5H11NO2.Ca.2H/c13-1-4-6(16)8(18)9(19)11(21-4)23-12(3-15)10(20)7(17)5(2-14)22-12;1-6(2,3)4-5(7)8;;;/h4-11,13-20H,1-3H2;4H2,1-3H3;;;/q;;+2;2*-1/t4-,5-,6-,7-,8+,9-,10+,11-,12+;;;;/m1..../s1. The van der Waals surface area contributed by atoms with Gasteiger partial charge in [0.2, 0.25) is 5.79 Å². The number of hydrogen-bond acceptors (Lipinski definition) is 13. The summed E-state index contributed by atoms with van der Waals surface area (Å²) in [6, 6.07) is 0. The second-order valence-corrected chi connectivity index (χ2v) is 8.38. The number of quaternary nitrogens is 1. The second kappa shape index (κ2) is 13.4. The van der Waals surface area contributed by atoms with Crippen molar-refractivity contribution in [2.75, 3.05) is 47.5 Å². The summed E-state index contributed by atoms with van der Waals surface area (Å²) < 4.78 is 15.9. The zero-order valence-electron chi connectivity index (χ0n) is 20.2. The molecule has 0 spiro atoms. The van der Waals surface area contributed by atoms with Crippen LogP contribution in [0.15, 0.2) is 0 Å². The zero-order chi connectivity index (χ0) is 24.1. The summed E-state index contributed by atoms with van der Waals surface area (Å²) in [4.78, 5) is 9.89. The maximum absolute atomic E-state index is 10.00. The Morgan fingerprint density at radius 2 is 1.50 bits per heavy atom. The molecule has 0 unspecified atom stereocenters. The van der Waals surface area contributed by atoms with Gasteiger partial charge in [0, 0.05) is 0 Å². The van der Waals surface area contributed by atoms with Gasteiger partial charge in [0.25, 0.3) is 0 Å². The molecule has 2 rings (SSSR count). The van der Waals surface area contributed by atoms with Gasteiger partial charge in [-0.05, 0) is 0 Å². The number of likely N-dealkylation sites (N-methyl/N-ethyl adjacent to an activating group) is 1. The van der Waals surface area contributed by atoms with Gasteiger partial charge < -0.3 is 72.3 Å². The van der Waals surface area contributed by atoms with Crippen LogP contribution in [0.4, 0.5) is 0 Å². The predicted octanol–water partition coefficient (Wildman–Crippen LogP) is -7.11. The molecule has 2 saturated heterocycles. The molecule has 0 aromatic heterocycles. The van der Waals surface area contributed by atoms with Crippen molar-refractivity contribution >= 4 is 43.7 Å². The summed E-state index contributed by atoms with van der Waals surface area (Å²) in [5, 5.41) is 86.6. The number of carboxylic acids is 1. The van der Waals surface area contributed by atoms with Crippen LogP contribution in [0.5, 0.6) is 0 Å². The van der Waals surface area contributed by atoms with E-state index in [1.165, 1.54) is 0 Å². The van der Waals surface area contributed by atoms with E-state index >= 15 is 0 Å². The molecule has 14 nitrogen and oxygen atoms in total. The fraction of sp³-hybridized carbons (Fsp3) is 0.941. The van der Waals surface area contributed by atoms with Gasteiger partial charge in [-0.1, -0.05) is 0 Å². The van der Waals surface area contributed by atoms with E-state index in [1.807, 2.05) is 0 Å². The molecule has 0 saturated carbocycles. The monoisotopic (exact) mass is 501 g/mol. The number of carbonyl (C=O) groups excluding carboxylic acids is 1. The van der Waals surface area contributed by atoms with Crippen LogP contribution in [0.25, 0.3) is 0 Å². The molecule has 0 bridgehead atoms. The summed E-state index contributed by atoms with van der Waals surface area (Å²) in [5.41, 5.74) is 0. The van der Waals surface area contributed by atoms with Gasteiger partial charge in [-0.25, -0.2) is 0 Å². The number of aliphatic hydroxyl groups excluding tert-OH is 8. The van der Waals surface area contributed by atoms with E-state index in [0.29, 0.717) is 4.48 Å². The van der Waals surface area contributed by atoms with Crippen molar-refractivity contribution in [1.82, 2.24) is 0 Å². The van der Waals surface area contributed by atoms with Crippen molar-refractivity contribution in [1.29, 1.82) is 0 Å². The molecule has 0 aromatic rings. The van der Waals surface area contributed by atoms with Gasteiger partial charge in [0.15, 0.2) is 6.29 Å². The third kappa shape index (κ3) is 8.18. The minimum atomic E-state index is -2.22. The number of ether oxygens (including phenoxy) is 3. The van der Waals surface area contributed by atoms with Gasteiger partial charge in [-0.2, -0.15) is 0 Å². The van der Waals surface area contributed by atoms with Crippen molar-refractivity contribution in [2.45, 2.75) is 54.8 Å². The Kier molecular flexibility index (Phi) is 13.5. The first-order valence-electron chi connectivity index (χ1n) is 9.47. The van der Waals surface area contributed by atoms with Gasteiger partial charge in [0.05, 0.1) is 40.3 Å². The van der Waals surface area contributed by atoms with Gasteiger partial charge in [-0.15, -0.1) is 0 Å². The molecule has 2 fully saturated rings. The number of carbonyl (C=O) groups is 1. The van der Waals surface area contributed by atoms with Crippen LogP contribution in [0.2, 0.25) is 0 Å². The smallest absolute Gasteiger partial charge is 1.00 e. The van der Waals surface area contributed by atoms with Crippen LogP contribution < -0.4 is 5.11 Å². The molecule has 32 heavy (non-hydrogen) atoms. The molecular weight excluding hydrogens is 466 g/mol. The Bertz CT molecular complexity index is 588. The molecule has 15 heteroatoms. The largest absolute Gasteiger partial charge is 2.00 e. The maximum Gasteiger partial charge on any atom is 2.00 e. The quantitative estimate of drug-likeness (QED) is 0.120. The van der Waals surface area contributed by atoms with Crippen LogP contribution in [-0.4, -0.2) is 191 Å². The molecular formula is C17H35CaNO13. The third-order valence-electron chi connectivity index (χ3n) is 4.67. The molecule has 0 radical (unpaired) electrons. The van der Waals surface area contributed by atoms with Crippen molar-refractivity contribution < 1.29 is 72.3 Å². The summed E-state index contributed by atoms with van der Waals surface area (Å²) in [6.45, 7) is -2.25. The van der Waals surface area contributed by atoms with Crippen molar-refractivity contribution in [3.05, 3.63) is 0 Å². The Labute approximate surface area is 217 Å². The summed E-state index contributed by atoms with van der Waals surface area (Å²) in [5.74, 6) is -3.22. The van der Waals surface area contributed by atoms with E-state index < -0.39 is 80.6 Å². The number of hydrogen-bond donors (Lipinski definition) is 8. The SMILES string of the molecule is C[N+](C)(C)CC(=O)[O-].OC[C@H]1O[C@@](CO)(O[C@H]2O[C@H](CO)[C@@H](O)[C@H](O)[C@H]2O)[C@@H](O)[C@@H]1O.[Ca+2].[H-].[H-]. The Morgan fingerprint density at radius 1 is 0.969 bits per heavy atom. The number of aliphatic carboxylic acids is 1. The van der Waals surface area contributed by atoms with Gasteiger partial charge >= 0.3 is 37.7 Å². The molecule has 2 aliphatic rings. The molecule has 2 heterocycles. The molecule has 2 aliphatic heterocycles. The third-order valence-corrected chi connectivity index (χ3v) is 4.67. The van der Waals surface area contributed by atoms with E-state index in [-0.39, 0.29) is 47.1 Å². The Balaban J connectivity index is -0.000000760. The first-order chi connectivity index (χ1) is 14.2. The second-order valence-electron chi connectivity index (χ2n) is 8.38. The number of carboxylic acid groups (broad SMARTS) is 1. The Hall–Kier alpha value is 0.250. The molecule has 0 aliphatic carbocycles. The zero-order valence-corrected chi connectivity index (χ0v) is 20.4. The van der Waals surface area contributed by atoms with Gasteiger partial charge in [0.1, 0.15) is 55.9 Å². The topological polar surface area (TPSA) is 230 Å². The van der Waals surface area contributed by atoms with Gasteiger partial charge in [-0.3, -0.25) is 0 Å². The van der Waals surface area contributed by atoms with Crippen LogP contribution in [0.1, 0.15) is 2.85 Å². The van der Waals surface area contributed by atoms with Crippen LogP contribution in [0, 0.1) is 0 Å². The van der Waals surface area contributed by atoms with Crippen LogP contribution in [-0.2, 0) is 19.0 Å². The maximum atomic E-state index is 10.00. The predicted molar refractivity (Wildman–Crippen MR) is 105 cm³/mol. The van der Waals surface area contributed by atoms with Crippen LogP contribution >= 0.6 is 0 Å². The van der Waals surface area contributed by atoms with E-state index in [0.717, 1.165) is 0 Å². The minimum Gasteiger partial charge on any atom is -1.00 e.